The fourth-order valence-corrected chi connectivity index (χ4v) is 3.57. The first kappa shape index (κ1) is 25.5. The quantitative estimate of drug-likeness (QED) is 0.259. The van der Waals surface area contributed by atoms with Gasteiger partial charge >= 0.3 is 5.97 Å². The molecule has 0 radical (unpaired) electrons. The van der Waals surface area contributed by atoms with Gasteiger partial charge in [0.25, 0.3) is 0 Å². The van der Waals surface area contributed by atoms with E-state index >= 15 is 0 Å². The number of carbonyl (C=O) groups is 1. The third-order valence-corrected chi connectivity index (χ3v) is 5.13. The maximum atomic E-state index is 12.1. The van der Waals surface area contributed by atoms with E-state index in [1.807, 2.05) is 19.1 Å². The summed E-state index contributed by atoms with van der Waals surface area (Å²) in [5, 5.41) is 3.49. The van der Waals surface area contributed by atoms with Crippen molar-refractivity contribution in [3.05, 3.63) is 29.8 Å². The van der Waals surface area contributed by atoms with Crippen LogP contribution in [0.1, 0.15) is 31.4 Å². The second-order valence-corrected chi connectivity index (χ2v) is 7.22. The summed E-state index contributed by atoms with van der Waals surface area (Å²) in [7, 11) is 7.59. The average Bonchev–Trinajstić information content (AvgIpc) is 2.71. The van der Waals surface area contributed by atoms with Gasteiger partial charge in [0, 0.05) is 26.7 Å². The third-order valence-electron chi connectivity index (χ3n) is 5.13. The van der Waals surface area contributed by atoms with Crippen molar-refractivity contribution in [2.24, 2.45) is 10.9 Å². The van der Waals surface area contributed by atoms with Crippen LogP contribution in [0.3, 0.4) is 0 Å². The topological polar surface area (TPSA) is 66.4 Å². The second-order valence-electron chi connectivity index (χ2n) is 7.22. The van der Waals surface area contributed by atoms with Gasteiger partial charge in [-0.3, -0.25) is 9.79 Å². The van der Waals surface area contributed by atoms with Gasteiger partial charge in [-0.05, 0) is 51.6 Å². The summed E-state index contributed by atoms with van der Waals surface area (Å²) in [5.74, 6) is 1.49. The lowest BCUT2D eigenvalue weighted by Gasteiger charge is -2.35. The molecule has 2 rings (SSSR count). The van der Waals surface area contributed by atoms with Crippen LogP contribution in [0.15, 0.2) is 29.3 Å². The predicted octanol–water partition coefficient (Wildman–Crippen LogP) is 2.77. The number of hydrogen-bond acceptors (Lipinski definition) is 5. The van der Waals surface area contributed by atoms with Gasteiger partial charge in [-0.1, -0.05) is 12.1 Å². The van der Waals surface area contributed by atoms with Crippen LogP contribution in [-0.2, 0) is 9.53 Å². The highest BCUT2D eigenvalue weighted by Gasteiger charge is 2.28. The van der Waals surface area contributed by atoms with Crippen molar-refractivity contribution < 1.29 is 14.3 Å². The molecule has 0 aromatic heterocycles. The van der Waals surface area contributed by atoms with Crippen molar-refractivity contribution in [3.63, 3.8) is 0 Å². The molecule has 1 heterocycles. The number of likely N-dealkylation sites (tertiary alicyclic amines) is 1. The first-order valence-corrected chi connectivity index (χ1v) is 9.92. The van der Waals surface area contributed by atoms with Crippen LogP contribution in [0.5, 0.6) is 5.75 Å². The molecular weight excluding hydrogens is 483 g/mol. The van der Waals surface area contributed by atoms with Crippen molar-refractivity contribution >= 4 is 35.9 Å². The molecule has 1 N–H and O–H groups in total. The molecule has 0 saturated carbocycles. The first-order valence-electron chi connectivity index (χ1n) is 9.92. The maximum absolute atomic E-state index is 12.1. The summed E-state index contributed by atoms with van der Waals surface area (Å²) in [6.07, 6.45) is 1.83. The smallest absolute Gasteiger partial charge is 0.310 e. The Kier molecular flexibility index (Phi) is 11.3. The highest BCUT2D eigenvalue weighted by atomic mass is 127. The number of aliphatic imine (C=N–C) groups is 1. The fourth-order valence-electron chi connectivity index (χ4n) is 3.57. The van der Waals surface area contributed by atoms with E-state index in [4.69, 9.17) is 9.47 Å². The van der Waals surface area contributed by atoms with E-state index in [-0.39, 0.29) is 41.9 Å². The van der Waals surface area contributed by atoms with Crippen molar-refractivity contribution in [3.8, 4) is 5.75 Å². The van der Waals surface area contributed by atoms with E-state index in [9.17, 15) is 4.79 Å². The minimum atomic E-state index is -0.105. The van der Waals surface area contributed by atoms with E-state index in [2.05, 4.69) is 46.3 Å². The lowest BCUT2D eigenvalue weighted by molar-refractivity contribution is -0.149. The van der Waals surface area contributed by atoms with Gasteiger partial charge in [0.1, 0.15) is 5.75 Å². The monoisotopic (exact) mass is 518 g/mol. The standard InChI is InChI=1S/C21H34N4O3.HI/c1-6-28-20(26)17-8-7-13-25(15-17)21(22-2)23-14-19(24(3)4)16-9-11-18(27-5)12-10-16;/h9-12,17,19H,6-8,13-15H2,1-5H3,(H,22,23);1H. The third kappa shape index (κ3) is 7.33. The van der Waals surface area contributed by atoms with E-state index in [0.29, 0.717) is 19.7 Å². The number of halogens is 1. The molecule has 0 amide bonds. The molecule has 1 aliphatic heterocycles. The zero-order chi connectivity index (χ0) is 20.5. The van der Waals surface area contributed by atoms with Gasteiger partial charge in [0.2, 0.25) is 0 Å². The number of benzene rings is 1. The van der Waals surface area contributed by atoms with Crippen molar-refractivity contribution in [1.29, 1.82) is 0 Å². The molecule has 1 aromatic rings. The number of guanidine groups is 1. The molecule has 0 bridgehead atoms. The Bertz CT molecular complexity index is 652. The Morgan fingerprint density at radius 1 is 1.34 bits per heavy atom. The SMILES string of the molecule is CCOC(=O)C1CCCN(C(=NC)NCC(c2ccc(OC)cc2)N(C)C)C1.I. The number of methoxy groups -OCH3 is 1. The Labute approximate surface area is 191 Å². The number of nitrogens with one attached hydrogen (secondary N) is 1. The fraction of sp³-hybridized carbons (Fsp3) is 0.619. The number of nitrogens with zero attached hydrogens (tertiary/aromatic N) is 3. The average molecular weight is 518 g/mol. The van der Waals surface area contributed by atoms with Crippen LogP contribution in [0.25, 0.3) is 0 Å². The second kappa shape index (κ2) is 12.9. The molecule has 1 aliphatic rings. The lowest BCUT2D eigenvalue weighted by atomic mass is 9.98. The first-order chi connectivity index (χ1) is 13.5. The molecule has 2 atom stereocenters. The van der Waals surface area contributed by atoms with Crippen LogP contribution in [0.2, 0.25) is 0 Å². The number of carbonyl (C=O) groups excluding carboxylic acids is 1. The van der Waals surface area contributed by atoms with Crippen LogP contribution < -0.4 is 10.1 Å². The van der Waals surface area contributed by atoms with Crippen molar-refractivity contribution in [2.45, 2.75) is 25.8 Å². The molecule has 29 heavy (non-hydrogen) atoms. The number of likely N-dealkylation sites (N-methyl/N-ethyl adjacent to an activating group) is 1. The van der Waals surface area contributed by atoms with Gasteiger partial charge in [0.05, 0.1) is 25.7 Å². The zero-order valence-electron chi connectivity index (χ0n) is 18.2. The van der Waals surface area contributed by atoms with Gasteiger partial charge in [-0.2, -0.15) is 0 Å². The summed E-state index contributed by atoms with van der Waals surface area (Å²) >= 11 is 0. The van der Waals surface area contributed by atoms with E-state index in [1.54, 1.807) is 14.2 Å². The Morgan fingerprint density at radius 3 is 2.59 bits per heavy atom. The highest BCUT2D eigenvalue weighted by molar-refractivity contribution is 14.0. The van der Waals surface area contributed by atoms with Crippen LogP contribution in [-0.4, -0.2) is 76.2 Å². The predicted molar refractivity (Wildman–Crippen MR) is 127 cm³/mol. The summed E-state index contributed by atoms with van der Waals surface area (Å²) in [5.41, 5.74) is 1.21. The molecule has 1 fully saturated rings. The normalized spacial score (nSPS) is 18.1. The van der Waals surface area contributed by atoms with Gasteiger partial charge < -0.3 is 24.6 Å². The zero-order valence-corrected chi connectivity index (χ0v) is 20.5. The number of rotatable bonds is 7. The maximum Gasteiger partial charge on any atom is 0.310 e. The number of esters is 1. The summed E-state index contributed by atoms with van der Waals surface area (Å²) in [4.78, 5) is 20.9. The molecule has 0 aliphatic carbocycles. The van der Waals surface area contributed by atoms with Gasteiger partial charge in [-0.15, -0.1) is 24.0 Å². The highest BCUT2D eigenvalue weighted by Crippen LogP contribution is 2.22. The van der Waals surface area contributed by atoms with Crippen LogP contribution in [0, 0.1) is 5.92 Å². The molecule has 7 nitrogen and oxygen atoms in total. The Morgan fingerprint density at radius 2 is 2.03 bits per heavy atom. The molecular formula is C21H35IN4O3. The number of ether oxygens (including phenoxy) is 2. The molecule has 1 aromatic carbocycles. The summed E-state index contributed by atoms with van der Waals surface area (Å²) in [6.45, 7) is 4.53. The minimum Gasteiger partial charge on any atom is -0.497 e. The molecule has 8 heteroatoms. The number of hydrogen-bond donors (Lipinski definition) is 1. The van der Waals surface area contributed by atoms with Crippen LogP contribution in [0.4, 0.5) is 0 Å². The van der Waals surface area contributed by atoms with Crippen LogP contribution >= 0.6 is 24.0 Å². The Balaban J connectivity index is 0.00000420. The van der Waals surface area contributed by atoms with Crippen molar-refractivity contribution in [2.75, 3.05) is 54.5 Å². The molecule has 2 unspecified atom stereocenters. The summed E-state index contributed by atoms with van der Waals surface area (Å²) in [6, 6.07) is 8.33. The van der Waals surface area contributed by atoms with E-state index in [1.165, 1.54) is 5.56 Å². The van der Waals surface area contributed by atoms with E-state index < -0.39 is 0 Å². The number of piperidine rings is 1. The minimum absolute atomic E-state index is 0. The van der Waals surface area contributed by atoms with Crippen molar-refractivity contribution in [1.82, 2.24) is 15.1 Å². The summed E-state index contributed by atoms with van der Waals surface area (Å²) < 4.78 is 10.5. The molecule has 1 saturated heterocycles. The molecule has 164 valence electrons. The van der Waals surface area contributed by atoms with E-state index in [0.717, 1.165) is 31.1 Å². The largest absolute Gasteiger partial charge is 0.497 e. The lowest BCUT2D eigenvalue weighted by Crippen LogP contribution is -2.49. The van der Waals surface area contributed by atoms with Gasteiger partial charge in [-0.25, -0.2) is 0 Å². The Hall–Kier alpha value is -1.55. The van der Waals surface area contributed by atoms with Gasteiger partial charge in [0.15, 0.2) is 5.96 Å². The molecule has 0 spiro atoms.